The molecule has 0 saturated carbocycles. The molecule has 0 saturated heterocycles. The summed E-state index contributed by atoms with van der Waals surface area (Å²) in [7, 11) is 1.96. The van der Waals surface area contributed by atoms with Crippen LogP contribution in [-0.2, 0) is 24.1 Å². The Kier molecular flexibility index (Phi) is 9.83. The maximum absolute atomic E-state index is 14.2. The quantitative estimate of drug-likeness (QED) is 0.227. The third-order valence-corrected chi connectivity index (χ3v) is 8.23. The molecule has 0 bridgehead atoms. The highest BCUT2D eigenvalue weighted by molar-refractivity contribution is 7.97. The van der Waals surface area contributed by atoms with Crippen LogP contribution in [0.25, 0.3) is 11.1 Å². The minimum atomic E-state index is -0.943. The zero-order valence-corrected chi connectivity index (χ0v) is 23.8. The van der Waals surface area contributed by atoms with Gasteiger partial charge in [-0.05, 0) is 117 Å². The van der Waals surface area contributed by atoms with Crippen molar-refractivity contribution in [1.29, 1.82) is 0 Å². The van der Waals surface area contributed by atoms with E-state index in [0.29, 0.717) is 24.6 Å². The second-order valence-corrected chi connectivity index (χ2v) is 12.6. The van der Waals surface area contributed by atoms with Crippen LogP contribution in [0.15, 0.2) is 71.6 Å². The van der Waals surface area contributed by atoms with Gasteiger partial charge < -0.3 is 15.5 Å². The van der Waals surface area contributed by atoms with Gasteiger partial charge in [-0.2, -0.15) is 0 Å². The Morgan fingerprint density at radius 3 is 2.46 bits per heavy atom. The number of carboxylic acids is 1. The van der Waals surface area contributed by atoms with Gasteiger partial charge in [-0.1, -0.05) is 42.5 Å². The zero-order valence-electron chi connectivity index (χ0n) is 23.0. The predicted octanol–water partition coefficient (Wildman–Crippen LogP) is 5.98. The van der Waals surface area contributed by atoms with Crippen LogP contribution < -0.4 is 5.32 Å². The summed E-state index contributed by atoms with van der Waals surface area (Å²) in [6, 6.07) is 21.5. The van der Waals surface area contributed by atoms with Crippen molar-refractivity contribution in [2.75, 3.05) is 20.1 Å². The first kappa shape index (κ1) is 29.3. The van der Waals surface area contributed by atoms with Gasteiger partial charge >= 0.3 is 5.97 Å². The number of nitrogens with one attached hydrogen (secondary N) is 1. The first-order valence-electron chi connectivity index (χ1n) is 13.6. The summed E-state index contributed by atoms with van der Waals surface area (Å²) in [6.07, 6.45) is 2.86. The van der Waals surface area contributed by atoms with Crippen LogP contribution in [0.3, 0.4) is 0 Å². The first-order valence-corrected chi connectivity index (χ1v) is 14.3. The number of carbonyl (C=O) groups is 1. The highest BCUT2D eigenvalue weighted by atomic mass is 32.2. The molecule has 1 atom stereocenters. The molecule has 3 aromatic rings. The molecular formula is C32H39FN2O3S. The number of hydrogen-bond donors (Lipinski definition) is 3. The fourth-order valence-electron chi connectivity index (χ4n) is 5.48. The van der Waals surface area contributed by atoms with Gasteiger partial charge in [0, 0.05) is 29.9 Å². The smallest absolute Gasteiger partial charge is 0.303 e. The Balaban J connectivity index is 1.27. The SMILES string of the molecule is CN(C[C@H](O)CNC(C)(C)CC1Cc2ccccc2C1)Sc1cccc(-c2ccc(F)c(CCC(=O)O)c2)c1. The molecule has 5 nitrogen and oxygen atoms in total. The van der Waals surface area contributed by atoms with Gasteiger partial charge in [-0.15, -0.1) is 0 Å². The third kappa shape index (κ3) is 8.64. The maximum Gasteiger partial charge on any atom is 0.303 e. The van der Waals surface area contributed by atoms with E-state index in [1.54, 1.807) is 24.1 Å². The second-order valence-electron chi connectivity index (χ2n) is 11.3. The second kappa shape index (κ2) is 13.1. The van der Waals surface area contributed by atoms with Crippen molar-refractivity contribution in [3.63, 3.8) is 0 Å². The Hall–Kier alpha value is -2.71. The van der Waals surface area contributed by atoms with E-state index in [9.17, 15) is 14.3 Å². The number of aliphatic hydroxyl groups excluding tert-OH is 1. The van der Waals surface area contributed by atoms with Gasteiger partial charge in [-0.25, -0.2) is 8.70 Å². The Bertz CT molecular complexity index is 1260. The van der Waals surface area contributed by atoms with Crippen molar-refractivity contribution in [2.24, 2.45) is 5.92 Å². The van der Waals surface area contributed by atoms with Crippen LogP contribution in [0.1, 0.15) is 43.4 Å². The molecule has 208 valence electrons. The van der Waals surface area contributed by atoms with E-state index in [0.717, 1.165) is 35.3 Å². The van der Waals surface area contributed by atoms with E-state index in [2.05, 4.69) is 43.4 Å². The lowest BCUT2D eigenvalue weighted by molar-refractivity contribution is -0.136. The molecule has 4 rings (SSSR count). The van der Waals surface area contributed by atoms with E-state index < -0.39 is 12.1 Å². The summed E-state index contributed by atoms with van der Waals surface area (Å²) in [5.74, 6) is -0.701. The van der Waals surface area contributed by atoms with Gasteiger partial charge in [0.05, 0.1) is 6.10 Å². The molecule has 39 heavy (non-hydrogen) atoms. The number of aliphatic carboxylic acids is 1. The number of nitrogens with zero attached hydrogens (tertiary/aromatic N) is 1. The minimum Gasteiger partial charge on any atom is -0.481 e. The van der Waals surface area contributed by atoms with Gasteiger partial charge in [0.1, 0.15) is 5.82 Å². The summed E-state index contributed by atoms with van der Waals surface area (Å²) in [5.41, 5.74) is 5.06. The summed E-state index contributed by atoms with van der Waals surface area (Å²) in [5, 5.41) is 23.3. The number of aryl methyl sites for hydroxylation is 1. The van der Waals surface area contributed by atoms with Crippen molar-refractivity contribution in [3.8, 4) is 11.1 Å². The first-order chi connectivity index (χ1) is 18.6. The number of aliphatic hydroxyl groups is 1. The van der Waals surface area contributed by atoms with Crippen molar-refractivity contribution in [3.05, 3.63) is 89.2 Å². The van der Waals surface area contributed by atoms with Gasteiger partial charge in [0.2, 0.25) is 0 Å². The molecule has 0 amide bonds. The highest BCUT2D eigenvalue weighted by Crippen LogP contribution is 2.32. The predicted molar refractivity (Wildman–Crippen MR) is 156 cm³/mol. The molecule has 0 spiro atoms. The summed E-state index contributed by atoms with van der Waals surface area (Å²) in [4.78, 5) is 11.9. The number of fused-ring (bicyclic) bond motifs is 1. The molecule has 7 heteroatoms. The van der Waals surface area contributed by atoms with Crippen molar-refractivity contribution >= 4 is 17.9 Å². The van der Waals surface area contributed by atoms with Crippen LogP contribution in [0.5, 0.6) is 0 Å². The molecule has 0 fully saturated rings. The summed E-state index contributed by atoms with van der Waals surface area (Å²) < 4.78 is 16.2. The summed E-state index contributed by atoms with van der Waals surface area (Å²) >= 11 is 1.55. The largest absolute Gasteiger partial charge is 0.481 e. The minimum absolute atomic E-state index is 0.0633. The van der Waals surface area contributed by atoms with E-state index in [4.69, 9.17) is 5.11 Å². The number of benzene rings is 3. The van der Waals surface area contributed by atoms with Crippen molar-refractivity contribution < 1.29 is 19.4 Å². The van der Waals surface area contributed by atoms with Gasteiger partial charge in [-0.3, -0.25) is 4.79 Å². The number of halogens is 1. The van der Waals surface area contributed by atoms with Crippen LogP contribution in [0.4, 0.5) is 4.39 Å². The lowest BCUT2D eigenvalue weighted by atomic mass is 9.88. The standard InChI is InChI=1S/C32H39FN2O3S/c1-32(2,19-22-15-23-7-4-5-8-24(23)16-22)34-20-28(36)21-35(3)39-29-10-6-9-25(18-29)26-11-13-30(33)27(17-26)12-14-31(37)38/h4-11,13,17-18,22,28,34,36H,12,14-16,19-21H2,1-3H3,(H,37,38)/t28-/m1/s1. The molecule has 0 aliphatic heterocycles. The maximum atomic E-state index is 14.2. The molecular weight excluding hydrogens is 511 g/mol. The zero-order chi connectivity index (χ0) is 28.0. The van der Waals surface area contributed by atoms with E-state index in [-0.39, 0.29) is 24.2 Å². The van der Waals surface area contributed by atoms with Crippen LogP contribution >= 0.6 is 11.9 Å². The number of hydrogen-bond acceptors (Lipinski definition) is 5. The Morgan fingerprint density at radius 1 is 1.08 bits per heavy atom. The normalized spacial score (nSPS) is 14.5. The molecule has 3 N–H and O–H groups in total. The molecule has 0 heterocycles. The Labute approximate surface area is 235 Å². The monoisotopic (exact) mass is 550 g/mol. The van der Waals surface area contributed by atoms with Gasteiger partial charge in [0.25, 0.3) is 0 Å². The van der Waals surface area contributed by atoms with Crippen LogP contribution in [0.2, 0.25) is 0 Å². The highest BCUT2D eigenvalue weighted by Gasteiger charge is 2.28. The van der Waals surface area contributed by atoms with Crippen LogP contribution in [0, 0.1) is 11.7 Å². The fourth-order valence-corrected chi connectivity index (χ4v) is 6.41. The molecule has 1 aliphatic rings. The molecule has 3 aromatic carbocycles. The molecule has 0 aromatic heterocycles. The Morgan fingerprint density at radius 2 is 1.77 bits per heavy atom. The molecule has 0 radical (unpaired) electrons. The number of rotatable bonds is 13. The van der Waals surface area contributed by atoms with Crippen molar-refractivity contribution in [2.45, 2.75) is 62.5 Å². The summed E-state index contributed by atoms with van der Waals surface area (Å²) in [6.45, 7) is 5.46. The van der Waals surface area contributed by atoms with Crippen molar-refractivity contribution in [1.82, 2.24) is 9.62 Å². The molecule has 0 unspecified atom stereocenters. The lowest BCUT2D eigenvalue weighted by Gasteiger charge is -2.31. The number of β-amino-alcohol motifs (C(OH)–C–C–N with tert-alkyl or cyclic N) is 1. The molecule has 1 aliphatic carbocycles. The number of likely N-dealkylation sites (N-methyl/N-ethyl adjacent to an activating group) is 1. The number of carboxylic acid groups (broad SMARTS) is 1. The van der Waals surface area contributed by atoms with E-state index >= 15 is 0 Å². The fraction of sp³-hybridized carbons (Fsp3) is 0.406. The third-order valence-electron chi connectivity index (χ3n) is 7.30. The van der Waals surface area contributed by atoms with Gasteiger partial charge in [0.15, 0.2) is 0 Å². The van der Waals surface area contributed by atoms with E-state index in [1.807, 2.05) is 35.6 Å². The topological polar surface area (TPSA) is 72.8 Å². The van der Waals surface area contributed by atoms with E-state index in [1.165, 1.54) is 17.2 Å². The lowest BCUT2D eigenvalue weighted by Crippen LogP contribution is -2.46. The average Bonchev–Trinajstić information content (AvgIpc) is 3.28. The average molecular weight is 551 g/mol. The van der Waals surface area contributed by atoms with Crippen LogP contribution in [-0.4, -0.2) is 52.3 Å².